The average Bonchev–Trinajstić information content (AvgIpc) is 2.75. The molecule has 1 saturated heterocycles. The standard InChI is InChI=1S/C13H23N3O3/c1-13(4-2-3-5-13)14-12(19)16-8-6-15(7-9-16)10-11(17)18/h2-10H2,1H3,(H,14,19)(H,17,18). The van der Waals surface area contributed by atoms with Crippen LogP contribution in [0.5, 0.6) is 0 Å². The normalized spacial score (nSPS) is 23.3. The van der Waals surface area contributed by atoms with Gasteiger partial charge in [-0.3, -0.25) is 9.69 Å². The lowest BCUT2D eigenvalue weighted by Gasteiger charge is -2.36. The smallest absolute Gasteiger partial charge is 0.317 e. The van der Waals surface area contributed by atoms with Crippen LogP contribution < -0.4 is 5.32 Å². The van der Waals surface area contributed by atoms with Gasteiger partial charge < -0.3 is 15.3 Å². The van der Waals surface area contributed by atoms with E-state index in [0.717, 1.165) is 12.8 Å². The molecule has 0 radical (unpaired) electrons. The molecule has 2 rings (SSSR count). The van der Waals surface area contributed by atoms with Gasteiger partial charge in [0.05, 0.1) is 6.54 Å². The molecule has 1 saturated carbocycles. The fraction of sp³-hybridized carbons (Fsp3) is 0.846. The largest absolute Gasteiger partial charge is 0.480 e. The number of urea groups is 1. The van der Waals surface area contributed by atoms with E-state index in [-0.39, 0.29) is 18.1 Å². The Bertz CT molecular complexity index is 345. The van der Waals surface area contributed by atoms with Crippen molar-refractivity contribution in [2.24, 2.45) is 0 Å². The molecule has 0 atom stereocenters. The highest BCUT2D eigenvalue weighted by Crippen LogP contribution is 2.29. The zero-order valence-electron chi connectivity index (χ0n) is 11.5. The number of carbonyl (C=O) groups is 2. The summed E-state index contributed by atoms with van der Waals surface area (Å²) in [6.07, 6.45) is 4.47. The number of aliphatic carboxylic acids is 1. The van der Waals surface area contributed by atoms with E-state index in [4.69, 9.17) is 5.11 Å². The van der Waals surface area contributed by atoms with Gasteiger partial charge in [0, 0.05) is 31.7 Å². The highest BCUT2D eigenvalue weighted by molar-refractivity contribution is 5.75. The number of rotatable bonds is 3. The fourth-order valence-electron chi connectivity index (χ4n) is 2.92. The molecule has 0 bridgehead atoms. The van der Waals surface area contributed by atoms with Crippen LogP contribution in [0.2, 0.25) is 0 Å². The van der Waals surface area contributed by atoms with Crippen molar-refractivity contribution in [2.75, 3.05) is 32.7 Å². The second-order valence-corrected chi connectivity index (χ2v) is 5.85. The monoisotopic (exact) mass is 269 g/mol. The van der Waals surface area contributed by atoms with Gasteiger partial charge in [-0.15, -0.1) is 0 Å². The Morgan fingerprint density at radius 1 is 1.16 bits per heavy atom. The maximum atomic E-state index is 12.2. The number of nitrogens with zero attached hydrogens (tertiary/aromatic N) is 2. The van der Waals surface area contributed by atoms with Gasteiger partial charge in [0.2, 0.25) is 0 Å². The third-order valence-corrected chi connectivity index (χ3v) is 4.13. The first-order valence-corrected chi connectivity index (χ1v) is 7.00. The van der Waals surface area contributed by atoms with Crippen molar-refractivity contribution < 1.29 is 14.7 Å². The zero-order valence-corrected chi connectivity index (χ0v) is 11.5. The fourth-order valence-corrected chi connectivity index (χ4v) is 2.92. The summed E-state index contributed by atoms with van der Waals surface area (Å²) < 4.78 is 0. The summed E-state index contributed by atoms with van der Waals surface area (Å²) in [5.41, 5.74) is -0.0463. The third-order valence-electron chi connectivity index (χ3n) is 4.13. The number of piperazine rings is 1. The van der Waals surface area contributed by atoms with Gasteiger partial charge in [0.1, 0.15) is 0 Å². The van der Waals surface area contributed by atoms with E-state index in [9.17, 15) is 9.59 Å². The molecule has 1 aliphatic carbocycles. The van der Waals surface area contributed by atoms with Crippen molar-refractivity contribution in [3.8, 4) is 0 Å². The van der Waals surface area contributed by atoms with Crippen LogP contribution >= 0.6 is 0 Å². The molecule has 19 heavy (non-hydrogen) atoms. The first-order valence-electron chi connectivity index (χ1n) is 7.00. The maximum absolute atomic E-state index is 12.2. The van der Waals surface area contributed by atoms with E-state index >= 15 is 0 Å². The van der Waals surface area contributed by atoms with Crippen molar-refractivity contribution in [3.05, 3.63) is 0 Å². The minimum Gasteiger partial charge on any atom is -0.480 e. The predicted molar refractivity (Wildman–Crippen MR) is 71.1 cm³/mol. The van der Waals surface area contributed by atoms with Gasteiger partial charge in [-0.2, -0.15) is 0 Å². The molecule has 1 aliphatic heterocycles. The molecular formula is C13H23N3O3. The first-order chi connectivity index (χ1) is 8.98. The van der Waals surface area contributed by atoms with Crippen LogP contribution in [-0.2, 0) is 4.79 Å². The summed E-state index contributed by atoms with van der Waals surface area (Å²) in [4.78, 5) is 26.4. The second kappa shape index (κ2) is 5.77. The summed E-state index contributed by atoms with van der Waals surface area (Å²) in [5.74, 6) is -0.809. The van der Waals surface area contributed by atoms with Gasteiger partial charge in [-0.1, -0.05) is 12.8 Å². The predicted octanol–water partition coefficient (Wildman–Crippen LogP) is 0.731. The first kappa shape index (κ1) is 14.1. The summed E-state index contributed by atoms with van der Waals surface area (Å²) >= 11 is 0. The van der Waals surface area contributed by atoms with Crippen LogP contribution in [0.1, 0.15) is 32.6 Å². The van der Waals surface area contributed by atoms with E-state index in [1.807, 2.05) is 4.90 Å². The third kappa shape index (κ3) is 3.83. The number of nitrogens with one attached hydrogen (secondary N) is 1. The van der Waals surface area contributed by atoms with Crippen molar-refractivity contribution in [1.82, 2.24) is 15.1 Å². The van der Waals surface area contributed by atoms with Crippen molar-refractivity contribution in [2.45, 2.75) is 38.1 Å². The summed E-state index contributed by atoms with van der Waals surface area (Å²) in [5, 5.41) is 11.9. The summed E-state index contributed by atoms with van der Waals surface area (Å²) in [7, 11) is 0. The quantitative estimate of drug-likeness (QED) is 0.792. The molecule has 0 aromatic heterocycles. The minimum atomic E-state index is -0.809. The van der Waals surface area contributed by atoms with E-state index in [1.54, 1.807) is 4.90 Å². The second-order valence-electron chi connectivity index (χ2n) is 5.85. The lowest BCUT2D eigenvalue weighted by Crippen LogP contribution is -2.56. The Balaban J connectivity index is 1.77. The van der Waals surface area contributed by atoms with Crippen LogP contribution in [0.25, 0.3) is 0 Å². The number of carboxylic acid groups (broad SMARTS) is 1. The van der Waals surface area contributed by atoms with Gasteiger partial charge in [-0.25, -0.2) is 4.79 Å². The molecule has 108 valence electrons. The topological polar surface area (TPSA) is 72.9 Å². The highest BCUT2D eigenvalue weighted by Gasteiger charge is 2.32. The minimum absolute atomic E-state index is 0.000579. The average molecular weight is 269 g/mol. The van der Waals surface area contributed by atoms with E-state index in [2.05, 4.69) is 12.2 Å². The molecule has 2 aliphatic rings. The Morgan fingerprint density at radius 2 is 1.74 bits per heavy atom. The number of hydrogen-bond donors (Lipinski definition) is 2. The number of amides is 2. The summed E-state index contributed by atoms with van der Waals surface area (Å²) in [6, 6.07) is -0.000579. The summed E-state index contributed by atoms with van der Waals surface area (Å²) in [6.45, 7) is 4.66. The van der Waals surface area contributed by atoms with E-state index in [1.165, 1.54) is 12.8 Å². The van der Waals surface area contributed by atoms with Crippen LogP contribution in [-0.4, -0.2) is 65.2 Å². The van der Waals surface area contributed by atoms with Crippen LogP contribution in [0, 0.1) is 0 Å². The van der Waals surface area contributed by atoms with Crippen molar-refractivity contribution >= 4 is 12.0 Å². The van der Waals surface area contributed by atoms with Crippen LogP contribution in [0.15, 0.2) is 0 Å². The lowest BCUT2D eigenvalue weighted by molar-refractivity contribution is -0.138. The number of hydrogen-bond acceptors (Lipinski definition) is 3. The van der Waals surface area contributed by atoms with Gasteiger partial charge >= 0.3 is 12.0 Å². The molecule has 6 nitrogen and oxygen atoms in total. The SMILES string of the molecule is CC1(NC(=O)N2CCN(CC(=O)O)CC2)CCCC1. The van der Waals surface area contributed by atoms with Crippen LogP contribution in [0.3, 0.4) is 0 Å². The molecular weight excluding hydrogens is 246 g/mol. The Kier molecular flexibility index (Phi) is 4.29. The van der Waals surface area contributed by atoms with Gasteiger partial charge in [0.25, 0.3) is 0 Å². The molecule has 0 aromatic rings. The van der Waals surface area contributed by atoms with Gasteiger partial charge in [0.15, 0.2) is 0 Å². The molecule has 0 aromatic carbocycles. The highest BCUT2D eigenvalue weighted by atomic mass is 16.4. The molecule has 0 spiro atoms. The molecule has 2 amide bonds. The number of carbonyl (C=O) groups excluding carboxylic acids is 1. The zero-order chi connectivity index (χ0) is 13.9. The lowest BCUT2D eigenvalue weighted by atomic mass is 10.0. The van der Waals surface area contributed by atoms with E-state index < -0.39 is 5.97 Å². The van der Waals surface area contributed by atoms with Crippen LogP contribution in [0.4, 0.5) is 4.79 Å². The Morgan fingerprint density at radius 3 is 2.26 bits per heavy atom. The number of carboxylic acids is 1. The van der Waals surface area contributed by atoms with E-state index in [0.29, 0.717) is 26.2 Å². The van der Waals surface area contributed by atoms with Crippen molar-refractivity contribution in [1.29, 1.82) is 0 Å². The Labute approximate surface area is 113 Å². The molecule has 0 unspecified atom stereocenters. The molecule has 1 heterocycles. The molecule has 2 fully saturated rings. The maximum Gasteiger partial charge on any atom is 0.317 e. The molecule has 2 N–H and O–H groups in total. The Hall–Kier alpha value is -1.30. The van der Waals surface area contributed by atoms with Crippen molar-refractivity contribution in [3.63, 3.8) is 0 Å². The van der Waals surface area contributed by atoms with Gasteiger partial charge in [-0.05, 0) is 19.8 Å². The molecule has 6 heteroatoms.